The fourth-order valence-corrected chi connectivity index (χ4v) is 3.72. The minimum atomic E-state index is -1.29. The number of fused-ring (bicyclic) bond motifs is 1. The summed E-state index contributed by atoms with van der Waals surface area (Å²) in [5.41, 5.74) is 0.345. The summed E-state index contributed by atoms with van der Waals surface area (Å²) < 4.78 is 15.5. The van der Waals surface area contributed by atoms with E-state index in [1.165, 1.54) is 51.7 Å². The van der Waals surface area contributed by atoms with Gasteiger partial charge in [0.2, 0.25) is 0 Å². The van der Waals surface area contributed by atoms with Crippen LogP contribution in [0.1, 0.15) is 41.4 Å². The van der Waals surface area contributed by atoms with Crippen molar-refractivity contribution in [3.8, 4) is 17.2 Å². The molecule has 0 bridgehead atoms. The number of nitrogens with one attached hydrogen (secondary N) is 1. The van der Waals surface area contributed by atoms with Crippen molar-refractivity contribution in [1.29, 1.82) is 0 Å². The first-order chi connectivity index (χ1) is 16.8. The van der Waals surface area contributed by atoms with Crippen LogP contribution in [-0.4, -0.2) is 50.1 Å². The molecule has 0 spiro atoms. The molecule has 3 aromatic carbocycles. The van der Waals surface area contributed by atoms with Gasteiger partial charge in [-0.15, -0.1) is 0 Å². The summed E-state index contributed by atoms with van der Waals surface area (Å²) in [5.74, 6) is -2.21. The fraction of sp³-hybridized carbons (Fsp3) is 0.120. The van der Waals surface area contributed by atoms with E-state index in [0.717, 1.165) is 4.90 Å². The SMILES string of the molecule is COc1cccc(N2C(=O)c3ccc(C(=O)Nc4cc(OC)c(OC)cc4C(=O)O)cc3C2=O)c1. The van der Waals surface area contributed by atoms with Crippen LogP contribution < -0.4 is 24.4 Å². The minimum absolute atomic E-state index is 0.0268. The third-order valence-corrected chi connectivity index (χ3v) is 5.46. The molecule has 0 fully saturated rings. The Bertz CT molecular complexity index is 1380. The molecule has 3 aromatic rings. The zero-order valence-electron chi connectivity index (χ0n) is 18.9. The lowest BCUT2D eigenvalue weighted by Crippen LogP contribution is -2.29. The first-order valence-corrected chi connectivity index (χ1v) is 10.3. The lowest BCUT2D eigenvalue weighted by atomic mass is 10.0. The molecule has 3 amide bonds. The second-order valence-electron chi connectivity index (χ2n) is 7.42. The predicted octanol–water partition coefficient (Wildman–Crippen LogP) is 3.46. The van der Waals surface area contributed by atoms with E-state index in [2.05, 4.69) is 5.32 Å². The highest BCUT2D eigenvalue weighted by molar-refractivity contribution is 6.34. The van der Waals surface area contributed by atoms with Crippen LogP contribution in [0.5, 0.6) is 17.2 Å². The van der Waals surface area contributed by atoms with Crippen molar-refractivity contribution in [1.82, 2.24) is 0 Å². The topological polar surface area (TPSA) is 131 Å². The lowest BCUT2D eigenvalue weighted by Gasteiger charge is -2.14. The van der Waals surface area contributed by atoms with Crippen molar-refractivity contribution in [2.24, 2.45) is 0 Å². The van der Waals surface area contributed by atoms with Crippen LogP contribution in [0, 0.1) is 0 Å². The van der Waals surface area contributed by atoms with Crippen LogP contribution in [0.15, 0.2) is 54.6 Å². The Labute approximate surface area is 199 Å². The van der Waals surface area contributed by atoms with Crippen LogP contribution in [0.4, 0.5) is 11.4 Å². The smallest absolute Gasteiger partial charge is 0.337 e. The standard InChI is InChI=1S/C25H20N2O8/c1-33-15-6-4-5-14(10-15)27-23(29)16-8-7-13(9-17(16)24(27)30)22(28)26-19-12-21(35-3)20(34-2)11-18(19)25(31)32/h4-12H,1-3H3,(H,26,28)(H,31,32). The van der Waals surface area contributed by atoms with Gasteiger partial charge in [-0.1, -0.05) is 6.07 Å². The summed E-state index contributed by atoms with van der Waals surface area (Å²) in [7, 11) is 4.21. The molecule has 10 nitrogen and oxygen atoms in total. The molecule has 10 heteroatoms. The maximum Gasteiger partial charge on any atom is 0.337 e. The van der Waals surface area contributed by atoms with Crippen molar-refractivity contribution < 1.29 is 38.5 Å². The van der Waals surface area contributed by atoms with E-state index in [0.29, 0.717) is 11.4 Å². The maximum absolute atomic E-state index is 13.1. The van der Waals surface area contributed by atoms with Crippen LogP contribution in [0.2, 0.25) is 0 Å². The first kappa shape index (κ1) is 23.3. The molecule has 1 heterocycles. The highest BCUT2D eigenvalue weighted by Crippen LogP contribution is 2.34. The molecule has 0 atom stereocenters. The Morgan fingerprint density at radius 1 is 0.829 bits per heavy atom. The molecular weight excluding hydrogens is 456 g/mol. The average molecular weight is 476 g/mol. The number of rotatable bonds is 7. The number of hydrogen-bond acceptors (Lipinski definition) is 7. The van der Waals surface area contributed by atoms with Crippen molar-refractivity contribution >= 4 is 35.1 Å². The van der Waals surface area contributed by atoms with Crippen molar-refractivity contribution in [2.45, 2.75) is 0 Å². The Kier molecular flexibility index (Phi) is 6.11. The molecule has 178 valence electrons. The van der Waals surface area contributed by atoms with E-state index in [1.807, 2.05) is 0 Å². The second kappa shape index (κ2) is 9.18. The van der Waals surface area contributed by atoms with Gasteiger partial charge in [-0.05, 0) is 30.3 Å². The molecule has 2 N–H and O–H groups in total. The summed E-state index contributed by atoms with van der Waals surface area (Å²) >= 11 is 0. The summed E-state index contributed by atoms with van der Waals surface area (Å²) in [5, 5.41) is 12.1. The lowest BCUT2D eigenvalue weighted by molar-refractivity contribution is 0.0697. The van der Waals surface area contributed by atoms with Crippen molar-refractivity contribution in [2.75, 3.05) is 31.5 Å². The number of hydrogen-bond donors (Lipinski definition) is 2. The van der Waals surface area contributed by atoms with E-state index in [4.69, 9.17) is 14.2 Å². The zero-order valence-corrected chi connectivity index (χ0v) is 18.9. The number of methoxy groups -OCH3 is 3. The number of imide groups is 1. The monoisotopic (exact) mass is 476 g/mol. The van der Waals surface area contributed by atoms with Crippen LogP contribution in [0.25, 0.3) is 0 Å². The van der Waals surface area contributed by atoms with Gasteiger partial charge in [0.25, 0.3) is 17.7 Å². The number of carboxylic acids is 1. The summed E-state index contributed by atoms with van der Waals surface area (Å²) in [6.45, 7) is 0. The van der Waals surface area contributed by atoms with Crippen LogP contribution in [0.3, 0.4) is 0 Å². The van der Waals surface area contributed by atoms with E-state index in [1.54, 1.807) is 24.3 Å². The molecule has 0 aliphatic carbocycles. The number of aromatic carboxylic acids is 1. The molecule has 4 rings (SSSR count). The number of carboxylic acid groups (broad SMARTS) is 1. The molecule has 0 aromatic heterocycles. The van der Waals surface area contributed by atoms with Gasteiger partial charge in [0.15, 0.2) is 11.5 Å². The van der Waals surface area contributed by atoms with Gasteiger partial charge in [-0.3, -0.25) is 14.4 Å². The first-order valence-electron chi connectivity index (χ1n) is 10.3. The summed E-state index contributed by atoms with van der Waals surface area (Å²) in [4.78, 5) is 51.6. The maximum atomic E-state index is 13.1. The van der Waals surface area contributed by atoms with E-state index in [-0.39, 0.29) is 39.4 Å². The number of ether oxygens (including phenoxy) is 3. The second-order valence-corrected chi connectivity index (χ2v) is 7.42. The van der Waals surface area contributed by atoms with Gasteiger partial charge in [0.1, 0.15) is 5.75 Å². The molecule has 0 saturated heterocycles. The largest absolute Gasteiger partial charge is 0.497 e. The molecule has 1 aliphatic heterocycles. The number of amides is 3. The average Bonchev–Trinajstić information content (AvgIpc) is 3.12. The number of anilines is 2. The molecule has 0 saturated carbocycles. The predicted molar refractivity (Wildman–Crippen MR) is 125 cm³/mol. The van der Waals surface area contributed by atoms with Gasteiger partial charge < -0.3 is 24.6 Å². The number of carbonyl (C=O) groups is 4. The summed E-state index contributed by atoms with van der Waals surface area (Å²) in [6.07, 6.45) is 0. The quantitative estimate of drug-likeness (QED) is 0.496. The Morgan fingerprint density at radius 3 is 2.17 bits per heavy atom. The minimum Gasteiger partial charge on any atom is -0.497 e. The van der Waals surface area contributed by atoms with E-state index >= 15 is 0 Å². The number of carbonyl (C=O) groups excluding carboxylic acids is 3. The van der Waals surface area contributed by atoms with Gasteiger partial charge in [0.05, 0.1) is 49.4 Å². The molecule has 1 aliphatic rings. The van der Waals surface area contributed by atoms with Crippen molar-refractivity contribution in [3.63, 3.8) is 0 Å². The third kappa shape index (κ3) is 4.12. The molecular formula is C25H20N2O8. The summed E-state index contributed by atoms with van der Waals surface area (Å²) in [6, 6.07) is 13.1. The Balaban J connectivity index is 1.66. The molecule has 0 radical (unpaired) electrons. The van der Waals surface area contributed by atoms with Gasteiger partial charge >= 0.3 is 5.97 Å². The van der Waals surface area contributed by atoms with Gasteiger partial charge in [0, 0.05) is 23.8 Å². The van der Waals surface area contributed by atoms with Crippen molar-refractivity contribution in [3.05, 3.63) is 76.9 Å². The normalized spacial score (nSPS) is 12.3. The number of nitrogens with zero attached hydrogens (tertiary/aromatic N) is 1. The zero-order chi connectivity index (χ0) is 25.3. The Morgan fingerprint density at radius 2 is 1.51 bits per heavy atom. The van der Waals surface area contributed by atoms with Gasteiger partial charge in [-0.2, -0.15) is 0 Å². The molecule has 0 unspecified atom stereocenters. The third-order valence-electron chi connectivity index (χ3n) is 5.46. The highest BCUT2D eigenvalue weighted by Gasteiger charge is 2.37. The highest BCUT2D eigenvalue weighted by atomic mass is 16.5. The fourth-order valence-electron chi connectivity index (χ4n) is 3.72. The van der Waals surface area contributed by atoms with Crippen LogP contribution >= 0.6 is 0 Å². The Hall–Kier alpha value is -4.86. The molecule has 35 heavy (non-hydrogen) atoms. The van der Waals surface area contributed by atoms with Crippen LogP contribution in [-0.2, 0) is 0 Å². The van der Waals surface area contributed by atoms with Gasteiger partial charge in [-0.25, -0.2) is 9.69 Å². The van der Waals surface area contributed by atoms with E-state index < -0.39 is 23.7 Å². The van der Waals surface area contributed by atoms with E-state index in [9.17, 15) is 24.3 Å². The number of benzene rings is 3.